The first-order chi connectivity index (χ1) is 13.1. The van der Waals surface area contributed by atoms with E-state index >= 15 is 0 Å². The SMILES string of the molecule is CCOC(=O)COc1ccc2c(c1)N(C)C(=O)[C@@H](NC(=O)OC(C)(C)C)CO2. The minimum atomic E-state index is -0.906. The number of hydrogen-bond donors (Lipinski definition) is 1. The van der Waals surface area contributed by atoms with Gasteiger partial charge in [-0.1, -0.05) is 0 Å². The highest BCUT2D eigenvalue weighted by Gasteiger charge is 2.32. The number of alkyl carbamates (subject to hydrolysis) is 1. The van der Waals surface area contributed by atoms with Crippen molar-refractivity contribution in [3.63, 3.8) is 0 Å². The van der Waals surface area contributed by atoms with Gasteiger partial charge in [-0.25, -0.2) is 9.59 Å². The molecule has 0 unspecified atom stereocenters. The minimum absolute atomic E-state index is 0.0432. The van der Waals surface area contributed by atoms with Gasteiger partial charge < -0.3 is 29.2 Å². The third-order valence-corrected chi connectivity index (χ3v) is 3.68. The third-order valence-electron chi connectivity index (χ3n) is 3.68. The molecule has 1 aromatic rings. The van der Waals surface area contributed by atoms with E-state index in [9.17, 15) is 14.4 Å². The summed E-state index contributed by atoms with van der Waals surface area (Å²) < 4.78 is 21.1. The molecule has 0 aliphatic carbocycles. The zero-order valence-corrected chi connectivity index (χ0v) is 16.7. The molecule has 2 rings (SSSR count). The number of ether oxygens (including phenoxy) is 4. The lowest BCUT2D eigenvalue weighted by Gasteiger charge is -2.23. The maximum atomic E-state index is 12.7. The molecule has 9 heteroatoms. The van der Waals surface area contributed by atoms with Crippen molar-refractivity contribution in [2.45, 2.75) is 39.3 Å². The number of carbonyl (C=O) groups excluding carboxylic acids is 3. The number of likely N-dealkylation sites (N-methyl/N-ethyl adjacent to an activating group) is 1. The number of amides is 2. The fourth-order valence-electron chi connectivity index (χ4n) is 2.47. The molecule has 9 nitrogen and oxygen atoms in total. The van der Waals surface area contributed by atoms with Crippen molar-refractivity contribution in [2.24, 2.45) is 0 Å². The Hall–Kier alpha value is -2.97. The molecule has 1 N–H and O–H groups in total. The summed E-state index contributed by atoms with van der Waals surface area (Å²) in [5.74, 6) is -0.0201. The molecule has 1 aliphatic heterocycles. The van der Waals surface area contributed by atoms with Crippen LogP contribution in [0.1, 0.15) is 27.7 Å². The van der Waals surface area contributed by atoms with Gasteiger partial charge in [-0.2, -0.15) is 0 Å². The van der Waals surface area contributed by atoms with Crippen LogP contribution in [0.4, 0.5) is 10.5 Å². The van der Waals surface area contributed by atoms with Crippen molar-refractivity contribution < 1.29 is 33.3 Å². The van der Waals surface area contributed by atoms with Crippen LogP contribution in [0.3, 0.4) is 0 Å². The second-order valence-corrected chi connectivity index (χ2v) is 7.13. The number of esters is 1. The molecule has 0 bridgehead atoms. The summed E-state index contributed by atoms with van der Waals surface area (Å²) in [7, 11) is 1.56. The molecule has 1 aliphatic rings. The van der Waals surface area contributed by atoms with Gasteiger partial charge in [0.15, 0.2) is 6.61 Å². The maximum absolute atomic E-state index is 12.7. The summed E-state index contributed by atoms with van der Waals surface area (Å²) in [6.45, 7) is 6.89. The van der Waals surface area contributed by atoms with E-state index in [1.165, 1.54) is 4.90 Å². The van der Waals surface area contributed by atoms with Gasteiger partial charge in [0.2, 0.25) is 0 Å². The summed E-state index contributed by atoms with van der Waals surface area (Å²) in [4.78, 5) is 37.5. The second kappa shape index (κ2) is 8.81. The lowest BCUT2D eigenvalue weighted by atomic mass is 10.2. The van der Waals surface area contributed by atoms with Crippen LogP contribution < -0.4 is 19.7 Å². The van der Waals surface area contributed by atoms with Gasteiger partial charge in [0.25, 0.3) is 5.91 Å². The Morgan fingerprint density at radius 2 is 2.04 bits per heavy atom. The van der Waals surface area contributed by atoms with Crippen LogP contribution in [-0.4, -0.2) is 56.5 Å². The first-order valence-corrected chi connectivity index (χ1v) is 8.93. The fourth-order valence-corrected chi connectivity index (χ4v) is 2.47. The van der Waals surface area contributed by atoms with E-state index in [1.807, 2.05) is 0 Å². The van der Waals surface area contributed by atoms with Crippen LogP contribution >= 0.6 is 0 Å². The van der Waals surface area contributed by atoms with Gasteiger partial charge in [0.05, 0.1) is 12.3 Å². The maximum Gasteiger partial charge on any atom is 0.408 e. The van der Waals surface area contributed by atoms with Crippen molar-refractivity contribution in [1.29, 1.82) is 0 Å². The number of carbonyl (C=O) groups is 3. The topological polar surface area (TPSA) is 103 Å². The van der Waals surface area contributed by atoms with Crippen LogP contribution in [0.5, 0.6) is 11.5 Å². The smallest absolute Gasteiger partial charge is 0.408 e. The van der Waals surface area contributed by atoms with E-state index in [1.54, 1.807) is 52.9 Å². The summed E-state index contributed by atoms with van der Waals surface area (Å²) in [5.41, 5.74) is -0.224. The number of fused-ring (bicyclic) bond motifs is 1. The standard InChI is InChI=1S/C19H26N2O7/c1-6-25-16(22)11-26-12-7-8-15-14(9-12)21(5)17(23)13(10-27-15)20-18(24)28-19(2,3)4/h7-9,13H,6,10-11H2,1-5H3,(H,20,24)/t13-/m0/s1. The van der Waals surface area contributed by atoms with E-state index in [4.69, 9.17) is 18.9 Å². The molecule has 0 saturated heterocycles. The average molecular weight is 394 g/mol. The number of anilines is 1. The van der Waals surface area contributed by atoms with Crippen molar-refractivity contribution >= 4 is 23.7 Å². The molecule has 0 radical (unpaired) electrons. The molecule has 2 amide bonds. The van der Waals surface area contributed by atoms with E-state index in [0.29, 0.717) is 17.2 Å². The molecular formula is C19H26N2O7. The van der Waals surface area contributed by atoms with Crippen molar-refractivity contribution in [3.8, 4) is 11.5 Å². The lowest BCUT2D eigenvalue weighted by molar-refractivity contribution is -0.145. The predicted molar refractivity (Wildman–Crippen MR) is 101 cm³/mol. The Kier molecular flexibility index (Phi) is 6.71. The fraction of sp³-hybridized carbons (Fsp3) is 0.526. The Balaban J connectivity index is 2.09. The Morgan fingerprint density at radius 3 is 2.68 bits per heavy atom. The number of rotatable bonds is 5. The molecular weight excluding hydrogens is 368 g/mol. The Morgan fingerprint density at radius 1 is 1.32 bits per heavy atom. The molecule has 1 aromatic carbocycles. The summed E-state index contributed by atoms with van der Waals surface area (Å²) in [6.07, 6.45) is -0.702. The molecule has 154 valence electrons. The zero-order chi connectivity index (χ0) is 20.9. The molecule has 0 aromatic heterocycles. The van der Waals surface area contributed by atoms with Gasteiger partial charge in [-0.15, -0.1) is 0 Å². The van der Waals surface area contributed by atoms with Crippen molar-refractivity contribution in [2.75, 3.05) is 31.8 Å². The van der Waals surface area contributed by atoms with Gasteiger partial charge >= 0.3 is 12.1 Å². The van der Waals surface area contributed by atoms with Gasteiger partial charge in [-0.05, 0) is 39.8 Å². The number of nitrogens with one attached hydrogen (secondary N) is 1. The average Bonchev–Trinajstić information content (AvgIpc) is 2.71. The monoisotopic (exact) mass is 394 g/mol. The largest absolute Gasteiger partial charge is 0.489 e. The van der Waals surface area contributed by atoms with Crippen LogP contribution in [0.15, 0.2) is 18.2 Å². The van der Waals surface area contributed by atoms with Crippen molar-refractivity contribution in [1.82, 2.24) is 5.32 Å². The van der Waals surface area contributed by atoms with E-state index in [-0.39, 0.29) is 25.7 Å². The lowest BCUT2D eigenvalue weighted by Crippen LogP contribution is -2.50. The van der Waals surface area contributed by atoms with Gasteiger partial charge in [-0.3, -0.25) is 4.79 Å². The highest BCUT2D eigenvalue weighted by molar-refractivity contribution is 6.00. The molecule has 1 atom stereocenters. The normalized spacial score (nSPS) is 16.4. The molecule has 28 heavy (non-hydrogen) atoms. The zero-order valence-electron chi connectivity index (χ0n) is 16.7. The summed E-state index contributed by atoms with van der Waals surface area (Å²) in [5, 5.41) is 2.53. The highest BCUT2D eigenvalue weighted by Crippen LogP contribution is 2.34. The number of hydrogen-bond acceptors (Lipinski definition) is 7. The van der Waals surface area contributed by atoms with Crippen molar-refractivity contribution in [3.05, 3.63) is 18.2 Å². The minimum Gasteiger partial charge on any atom is -0.489 e. The Bertz CT molecular complexity index is 742. The second-order valence-electron chi connectivity index (χ2n) is 7.13. The van der Waals surface area contributed by atoms with E-state index in [2.05, 4.69) is 5.32 Å². The molecule has 0 spiro atoms. The highest BCUT2D eigenvalue weighted by atomic mass is 16.6. The number of benzene rings is 1. The predicted octanol–water partition coefficient (Wildman–Crippen LogP) is 1.88. The number of nitrogens with zero attached hydrogens (tertiary/aromatic N) is 1. The van der Waals surface area contributed by atoms with Crippen LogP contribution in [0.25, 0.3) is 0 Å². The Labute approximate surface area is 163 Å². The van der Waals surface area contributed by atoms with E-state index < -0.39 is 23.7 Å². The quantitative estimate of drug-likeness (QED) is 0.761. The van der Waals surface area contributed by atoms with Crippen LogP contribution in [0, 0.1) is 0 Å². The van der Waals surface area contributed by atoms with Crippen LogP contribution in [-0.2, 0) is 19.1 Å². The third kappa shape index (κ3) is 5.77. The van der Waals surface area contributed by atoms with E-state index in [0.717, 1.165) is 0 Å². The first-order valence-electron chi connectivity index (χ1n) is 8.93. The summed E-state index contributed by atoms with van der Waals surface area (Å²) >= 11 is 0. The summed E-state index contributed by atoms with van der Waals surface area (Å²) in [6, 6.07) is 3.94. The molecule has 0 saturated carbocycles. The molecule has 1 heterocycles. The molecule has 0 fully saturated rings. The first kappa shape index (κ1) is 21.3. The van der Waals surface area contributed by atoms with Gasteiger partial charge in [0, 0.05) is 13.1 Å². The van der Waals surface area contributed by atoms with Gasteiger partial charge in [0.1, 0.15) is 29.7 Å². The van der Waals surface area contributed by atoms with Crippen LogP contribution in [0.2, 0.25) is 0 Å².